The number of carbonyl (C=O) groups is 2. The van der Waals surface area contributed by atoms with Crippen LogP contribution in [0.2, 0.25) is 0 Å². The zero-order valence-electron chi connectivity index (χ0n) is 23.7. The third-order valence-electron chi connectivity index (χ3n) is 5.96. The topological polar surface area (TPSA) is 118 Å². The summed E-state index contributed by atoms with van der Waals surface area (Å²) in [5, 5.41) is 8.42. The Morgan fingerprint density at radius 1 is 0.930 bits per heavy atom. The predicted octanol–water partition coefficient (Wildman–Crippen LogP) is 6.09. The van der Waals surface area contributed by atoms with Crippen molar-refractivity contribution in [2.24, 2.45) is 0 Å². The van der Waals surface area contributed by atoms with Crippen LogP contribution in [0.4, 0.5) is 18.2 Å². The minimum absolute atomic E-state index is 0.0111. The van der Waals surface area contributed by atoms with E-state index in [1.807, 2.05) is 0 Å². The summed E-state index contributed by atoms with van der Waals surface area (Å²) < 4.78 is 62.3. The smallest absolute Gasteiger partial charge is 0.416 e. The first-order chi connectivity index (χ1) is 20.5. The molecule has 0 saturated heterocycles. The second-order valence-electron chi connectivity index (χ2n) is 8.74. The maximum atomic E-state index is 13.7. The molecule has 0 unspecified atom stereocenters. The lowest BCUT2D eigenvalue weighted by molar-refractivity contribution is -0.137. The molecule has 0 fully saturated rings. The quantitative estimate of drug-likeness (QED) is 0.201. The van der Waals surface area contributed by atoms with Crippen molar-refractivity contribution in [3.63, 3.8) is 0 Å². The Morgan fingerprint density at radius 2 is 1.53 bits per heavy atom. The molecule has 10 nitrogen and oxygen atoms in total. The van der Waals surface area contributed by atoms with E-state index in [1.165, 1.54) is 17.5 Å². The number of ether oxygens (including phenoxy) is 4. The normalized spacial score (nSPS) is 11.3. The Balaban J connectivity index is 1.83. The number of nitrogens with zero attached hydrogens (tertiary/aromatic N) is 2. The average molecular weight is 620 g/mol. The maximum Gasteiger partial charge on any atom is 0.416 e. The molecule has 0 radical (unpaired) electrons. The van der Waals surface area contributed by atoms with Crippen LogP contribution in [0, 0.1) is 0 Å². The maximum absolute atomic E-state index is 13.7. The molecule has 0 aliphatic rings. The molecular weight excluding hydrogens is 591 g/mol. The van der Waals surface area contributed by atoms with Crippen LogP contribution in [0.5, 0.6) is 17.2 Å². The van der Waals surface area contributed by atoms with Crippen molar-refractivity contribution >= 4 is 39.0 Å². The average Bonchev–Trinajstić information content (AvgIpc) is 3.38. The number of alkyl halides is 3. The fraction of sp³-hybridized carbons (Fsp3) is 0.310. The molecule has 0 spiro atoms. The molecule has 0 atom stereocenters. The van der Waals surface area contributed by atoms with E-state index in [2.05, 4.69) is 10.4 Å². The van der Waals surface area contributed by atoms with Crippen LogP contribution in [0.15, 0.2) is 46.6 Å². The Kier molecular flexibility index (Phi) is 9.59. The van der Waals surface area contributed by atoms with Crippen LogP contribution >= 0.6 is 11.3 Å². The zero-order chi connectivity index (χ0) is 31.3. The molecule has 43 heavy (non-hydrogen) atoms. The Labute approximate surface area is 247 Å². The van der Waals surface area contributed by atoms with Crippen molar-refractivity contribution in [1.29, 1.82) is 0 Å². The van der Waals surface area contributed by atoms with Gasteiger partial charge in [-0.2, -0.15) is 23.0 Å². The minimum atomic E-state index is -4.59. The highest BCUT2D eigenvalue weighted by atomic mass is 32.1. The number of halogens is 3. The molecule has 0 aliphatic carbocycles. The highest BCUT2D eigenvalue weighted by molar-refractivity contribution is 7.16. The van der Waals surface area contributed by atoms with Crippen LogP contribution in [0.25, 0.3) is 16.5 Å². The number of rotatable bonds is 11. The van der Waals surface area contributed by atoms with E-state index < -0.39 is 29.2 Å². The summed E-state index contributed by atoms with van der Waals surface area (Å²) in [7, 11) is 0. The lowest BCUT2D eigenvalue weighted by Crippen LogP contribution is -2.25. The number of anilines is 1. The molecule has 14 heteroatoms. The number of fused-ring (bicyclic) bond motifs is 1. The van der Waals surface area contributed by atoms with E-state index >= 15 is 0 Å². The second kappa shape index (κ2) is 13.2. The molecule has 4 rings (SSSR count). The van der Waals surface area contributed by atoms with Gasteiger partial charge in [0.05, 0.1) is 43.1 Å². The summed E-state index contributed by atoms with van der Waals surface area (Å²) in [5.74, 6) is -0.555. The number of hydrogen-bond acceptors (Lipinski definition) is 9. The second-order valence-corrected chi connectivity index (χ2v) is 9.62. The third-order valence-corrected chi connectivity index (χ3v) is 6.85. The summed E-state index contributed by atoms with van der Waals surface area (Å²) in [6.45, 7) is 7.86. The number of aromatic nitrogens is 2. The third kappa shape index (κ3) is 6.58. The Morgan fingerprint density at radius 3 is 2.07 bits per heavy atom. The van der Waals surface area contributed by atoms with Crippen molar-refractivity contribution in [2.75, 3.05) is 31.7 Å². The number of hydrogen-bond donors (Lipinski definition) is 1. The van der Waals surface area contributed by atoms with Gasteiger partial charge in [0.2, 0.25) is 5.75 Å². The van der Waals surface area contributed by atoms with Crippen molar-refractivity contribution in [1.82, 2.24) is 9.78 Å². The number of esters is 1. The van der Waals surface area contributed by atoms with E-state index in [0.717, 1.165) is 40.3 Å². The van der Waals surface area contributed by atoms with E-state index in [9.17, 15) is 27.6 Å². The standard InChI is InChI=1S/C29H28F3N3O7S/c1-5-39-20-13-16(14-21(40-6-2)24(20)41-7-3)25(36)33-26-22-19(15-43-26)23(28(38)42-8-4)34-35(27(22)37)18-11-9-17(10-12-18)29(30,31)32/h9-15H,5-8H2,1-4H3,(H,33,36). The van der Waals surface area contributed by atoms with E-state index in [4.69, 9.17) is 18.9 Å². The fourth-order valence-electron chi connectivity index (χ4n) is 4.15. The SMILES string of the molecule is CCOC(=O)c1nn(-c2ccc(C(F)(F)F)cc2)c(=O)c2c(NC(=O)c3cc(OCC)c(OCC)c(OCC)c3)scc12. The molecule has 2 aromatic carbocycles. The number of nitrogens with one attached hydrogen (secondary N) is 1. The molecule has 1 amide bonds. The van der Waals surface area contributed by atoms with Crippen molar-refractivity contribution in [3.8, 4) is 22.9 Å². The van der Waals surface area contributed by atoms with Gasteiger partial charge in [-0.3, -0.25) is 9.59 Å². The summed E-state index contributed by atoms with van der Waals surface area (Å²) in [4.78, 5) is 39.9. The lowest BCUT2D eigenvalue weighted by Gasteiger charge is -2.17. The highest BCUT2D eigenvalue weighted by Crippen LogP contribution is 2.40. The molecule has 1 N–H and O–H groups in total. The van der Waals surface area contributed by atoms with Crippen molar-refractivity contribution in [3.05, 3.63) is 69.0 Å². The van der Waals surface area contributed by atoms with Crippen LogP contribution in [0.3, 0.4) is 0 Å². The summed E-state index contributed by atoms with van der Waals surface area (Å²) in [6, 6.07) is 6.68. The largest absolute Gasteiger partial charge is 0.490 e. The van der Waals surface area contributed by atoms with Crippen molar-refractivity contribution < 1.29 is 41.7 Å². The highest BCUT2D eigenvalue weighted by Gasteiger charge is 2.30. The summed E-state index contributed by atoms with van der Waals surface area (Å²) in [6.07, 6.45) is -4.59. The molecular formula is C29H28F3N3O7S. The van der Waals surface area contributed by atoms with Gasteiger partial charge in [0.25, 0.3) is 11.5 Å². The van der Waals surface area contributed by atoms with Gasteiger partial charge in [-0.25, -0.2) is 4.79 Å². The van der Waals surface area contributed by atoms with Crippen LogP contribution < -0.4 is 25.1 Å². The molecule has 2 heterocycles. The number of benzene rings is 2. The van der Waals surface area contributed by atoms with Crippen LogP contribution in [-0.4, -0.2) is 48.1 Å². The lowest BCUT2D eigenvalue weighted by atomic mass is 10.1. The molecule has 0 aliphatic heterocycles. The number of thiophene rings is 1. The predicted molar refractivity (Wildman–Crippen MR) is 154 cm³/mol. The summed E-state index contributed by atoms with van der Waals surface area (Å²) in [5.41, 5.74) is -1.82. The fourth-order valence-corrected chi connectivity index (χ4v) is 5.09. The van der Waals surface area contributed by atoms with Gasteiger partial charge in [0, 0.05) is 16.3 Å². The first kappa shape index (κ1) is 31.3. The minimum Gasteiger partial charge on any atom is -0.490 e. The van der Waals surface area contributed by atoms with E-state index in [-0.39, 0.29) is 50.8 Å². The van der Waals surface area contributed by atoms with E-state index in [1.54, 1.807) is 27.7 Å². The molecule has 228 valence electrons. The first-order valence-corrected chi connectivity index (χ1v) is 14.2. The van der Waals surface area contributed by atoms with Crippen LogP contribution in [0.1, 0.15) is 54.1 Å². The van der Waals surface area contributed by atoms with Crippen molar-refractivity contribution in [2.45, 2.75) is 33.9 Å². The van der Waals surface area contributed by atoms with Gasteiger partial charge in [-0.05, 0) is 64.1 Å². The van der Waals surface area contributed by atoms with Crippen LogP contribution in [-0.2, 0) is 10.9 Å². The Hall–Kier alpha value is -4.59. The molecule has 0 bridgehead atoms. The summed E-state index contributed by atoms with van der Waals surface area (Å²) >= 11 is 0.971. The molecule has 4 aromatic rings. The van der Waals surface area contributed by atoms with E-state index in [0.29, 0.717) is 25.6 Å². The van der Waals surface area contributed by atoms with Gasteiger partial charge in [-0.15, -0.1) is 11.3 Å². The number of amides is 1. The van der Waals surface area contributed by atoms with Gasteiger partial charge in [0.15, 0.2) is 17.2 Å². The molecule has 0 saturated carbocycles. The zero-order valence-corrected chi connectivity index (χ0v) is 24.5. The van der Waals surface area contributed by atoms with Gasteiger partial charge >= 0.3 is 12.1 Å². The molecule has 2 aromatic heterocycles. The van der Waals surface area contributed by atoms with Gasteiger partial charge in [-0.1, -0.05) is 0 Å². The first-order valence-electron chi connectivity index (χ1n) is 13.3. The van der Waals surface area contributed by atoms with Gasteiger partial charge in [0.1, 0.15) is 5.00 Å². The Bertz CT molecular complexity index is 1670. The monoisotopic (exact) mass is 619 g/mol. The van der Waals surface area contributed by atoms with Gasteiger partial charge < -0.3 is 24.3 Å². The number of carbonyl (C=O) groups excluding carboxylic acids is 2.